The number of carbonyl (C=O) groups is 2. The predicted molar refractivity (Wildman–Crippen MR) is 46.2 cm³/mol. The predicted octanol–water partition coefficient (Wildman–Crippen LogP) is 1.12. The van der Waals surface area contributed by atoms with Crippen LogP contribution in [0, 0.1) is 0 Å². The van der Waals surface area contributed by atoms with Crippen LogP contribution in [0.4, 0.5) is 13.2 Å². The van der Waals surface area contributed by atoms with Gasteiger partial charge in [0.25, 0.3) is 0 Å². The molecule has 4 nitrogen and oxygen atoms in total. The number of likely N-dealkylation sites (tertiary alicyclic amines) is 1. The van der Waals surface area contributed by atoms with Crippen molar-refractivity contribution >= 4 is 27.8 Å². The molecule has 8 heteroatoms. The van der Waals surface area contributed by atoms with Gasteiger partial charge in [-0.3, -0.25) is 4.79 Å². The van der Waals surface area contributed by atoms with Gasteiger partial charge < -0.3 is 10.0 Å². The van der Waals surface area contributed by atoms with Gasteiger partial charge in [-0.15, -0.1) is 0 Å². The molecule has 15 heavy (non-hydrogen) atoms. The zero-order valence-electron chi connectivity index (χ0n) is 7.14. The fourth-order valence-corrected chi connectivity index (χ4v) is 1.28. The van der Waals surface area contributed by atoms with E-state index in [0.29, 0.717) is 4.90 Å². The molecule has 1 amide bonds. The van der Waals surface area contributed by atoms with Gasteiger partial charge in [0.15, 0.2) is 0 Å². The summed E-state index contributed by atoms with van der Waals surface area (Å²) in [7, 11) is 0. The number of aliphatic carboxylic acids is 1. The first-order valence-corrected chi connectivity index (χ1v) is 4.49. The van der Waals surface area contributed by atoms with Crippen LogP contribution in [0.2, 0.25) is 0 Å². The number of carboxylic acids is 1. The van der Waals surface area contributed by atoms with Crippen LogP contribution in [0.25, 0.3) is 0 Å². The molecule has 0 bridgehead atoms. The first-order chi connectivity index (χ1) is 6.73. The minimum atomic E-state index is -4.90. The van der Waals surface area contributed by atoms with Crippen molar-refractivity contribution in [1.29, 1.82) is 0 Å². The molecule has 0 aromatic rings. The summed E-state index contributed by atoms with van der Waals surface area (Å²) in [5.41, 5.74) is 0.264. The third-order valence-electron chi connectivity index (χ3n) is 1.79. The van der Waals surface area contributed by atoms with Crippen LogP contribution in [0.15, 0.2) is 10.1 Å². The maximum Gasteiger partial charge on any atom is 0.471 e. The van der Waals surface area contributed by atoms with E-state index < -0.39 is 18.1 Å². The standard InChI is InChI=1S/C7H5BrF3NO3/c8-4(5(13)14)3-1-12(2-3)6(15)7(9,10)11/h1-2H2,(H,13,14). The topological polar surface area (TPSA) is 57.6 Å². The van der Waals surface area contributed by atoms with Crippen LogP contribution < -0.4 is 0 Å². The number of rotatable bonds is 1. The van der Waals surface area contributed by atoms with E-state index in [2.05, 4.69) is 15.9 Å². The number of carboxylic acid groups (broad SMARTS) is 1. The minimum Gasteiger partial charge on any atom is -0.477 e. The Morgan fingerprint density at radius 2 is 1.80 bits per heavy atom. The van der Waals surface area contributed by atoms with Gasteiger partial charge in [0, 0.05) is 13.1 Å². The number of nitrogens with zero attached hydrogens (tertiary/aromatic N) is 1. The van der Waals surface area contributed by atoms with Crippen molar-refractivity contribution < 1.29 is 27.9 Å². The maximum atomic E-state index is 11.9. The lowest BCUT2D eigenvalue weighted by Gasteiger charge is -2.34. The Labute approximate surface area is 90.5 Å². The van der Waals surface area contributed by atoms with Crippen molar-refractivity contribution in [2.75, 3.05) is 13.1 Å². The van der Waals surface area contributed by atoms with Gasteiger partial charge in [-0.05, 0) is 21.5 Å². The number of amides is 1. The quantitative estimate of drug-likeness (QED) is 0.736. The zero-order chi connectivity index (χ0) is 11.8. The smallest absolute Gasteiger partial charge is 0.471 e. The minimum absolute atomic E-state index is 0.186. The molecule has 1 saturated heterocycles. The van der Waals surface area contributed by atoms with Gasteiger partial charge >= 0.3 is 18.1 Å². The Hall–Kier alpha value is -1.05. The Kier molecular flexibility index (Phi) is 3.08. The van der Waals surface area contributed by atoms with Crippen molar-refractivity contribution in [2.45, 2.75) is 6.18 Å². The summed E-state index contributed by atoms with van der Waals surface area (Å²) < 4.78 is 35.4. The Balaban J connectivity index is 2.63. The molecule has 0 aromatic carbocycles. The summed E-state index contributed by atoms with van der Waals surface area (Å²) >= 11 is 2.71. The fourth-order valence-electron chi connectivity index (χ4n) is 1.03. The van der Waals surface area contributed by atoms with Crippen molar-refractivity contribution in [3.8, 4) is 0 Å². The van der Waals surface area contributed by atoms with Crippen LogP contribution in [-0.2, 0) is 9.59 Å². The maximum absolute atomic E-state index is 11.9. The van der Waals surface area contributed by atoms with Crippen LogP contribution in [-0.4, -0.2) is 41.1 Å². The molecule has 1 fully saturated rings. The Bertz CT molecular complexity index is 342. The molecule has 0 unspecified atom stereocenters. The van der Waals surface area contributed by atoms with Crippen molar-refractivity contribution in [2.24, 2.45) is 0 Å². The molecular weight excluding hydrogens is 283 g/mol. The monoisotopic (exact) mass is 287 g/mol. The average Bonchev–Trinajstić information content (AvgIpc) is 1.98. The molecular formula is C7H5BrF3NO3. The van der Waals surface area contributed by atoms with Gasteiger partial charge in [0.1, 0.15) is 4.48 Å². The van der Waals surface area contributed by atoms with E-state index in [1.165, 1.54) is 0 Å². The Morgan fingerprint density at radius 1 is 1.33 bits per heavy atom. The molecule has 1 aliphatic rings. The second kappa shape index (κ2) is 3.84. The first-order valence-electron chi connectivity index (χ1n) is 3.70. The van der Waals surface area contributed by atoms with E-state index in [1.807, 2.05) is 0 Å². The van der Waals surface area contributed by atoms with Crippen molar-refractivity contribution in [3.05, 3.63) is 10.1 Å². The van der Waals surface area contributed by atoms with E-state index in [4.69, 9.17) is 5.11 Å². The van der Waals surface area contributed by atoms with E-state index in [1.54, 1.807) is 0 Å². The summed E-state index contributed by atoms with van der Waals surface area (Å²) in [5, 5.41) is 8.47. The van der Waals surface area contributed by atoms with Gasteiger partial charge in [0.2, 0.25) is 0 Å². The zero-order valence-corrected chi connectivity index (χ0v) is 8.72. The Morgan fingerprint density at radius 3 is 2.13 bits per heavy atom. The number of halogens is 4. The van der Waals surface area contributed by atoms with Crippen LogP contribution >= 0.6 is 15.9 Å². The van der Waals surface area contributed by atoms with E-state index in [0.717, 1.165) is 0 Å². The van der Waals surface area contributed by atoms with Gasteiger partial charge in [-0.1, -0.05) is 0 Å². The molecule has 0 spiro atoms. The number of carbonyl (C=O) groups excluding carboxylic acids is 1. The SMILES string of the molecule is O=C(O)C(Br)=C1CN(C(=O)C(F)(F)F)C1. The highest BCUT2D eigenvalue weighted by atomic mass is 79.9. The van der Waals surface area contributed by atoms with Gasteiger partial charge in [0.05, 0.1) is 0 Å². The molecule has 1 heterocycles. The molecule has 1 aliphatic heterocycles. The number of alkyl halides is 3. The van der Waals surface area contributed by atoms with Gasteiger partial charge in [-0.2, -0.15) is 13.2 Å². The number of hydrogen-bond acceptors (Lipinski definition) is 2. The van der Waals surface area contributed by atoms with Crippen molar-refractivity contribution in [3.63, 3.8) is 0 Å². The van der Waals surface area contributed by atoms with Crippen LogP contribution in [0.1, 0.15) is 0 Å². The second-order valence-corrected chi connectivity index (χ2v) is 3.67. The molecule has 1 rings (SSSR count). The first kappa shape index (κ1) is 12.0. The molecule has 1 N–H and O–H groups in total. The second-order valence-electron chi connectivity index (χ2n) is 2.88. The lowest BCUT2D eigenvalue weighted by molar-refractivity contribution is -0.186. The fraction of sp³-hybridized carbons (Fsp3) is 0.429. The summed E-state index contributed by atoms with van der Waals surface area (Å²) in [5.74, 6) is -3.21. The normalized spacial score (nSPS) is 16.0. The highest BCUT2D eigenvalue weighted by Crippen LogP contribution is 2.27. The highest BCUT2D eigenvalue weighted by Gasteiger charge is 2.45. The largest absolute Gasteiger partial charge is 0.477 e. The lowest BCUT2D eigenvalue weighted by Crippen LogP contribution is -2.50. The van der Waals surface area contributed by atoms with Gasteiger partial charge in [-0.25, -0.2) is 4.79 Å². The summed E-state index contributed by atoms with van der Waals surface area (Å²) in [6, 6.07) is 0. The highest BCUT2D eigenvalue weighted by molar-refractivity contribution is 9.12. The van der Waals surface area contributed by atoms with E-state index in [9.17, 15) is 22.8 Å². The molecule has 84 valence electrons. The molecule has 0 radical (unpaired) electrons. The molecule has 0 atom stereocenters. The molecule has 0 aromatic heterocycles. The molecule has 0 saturated carbocycles. The van der Waals surface area contributed by atoms with E-state index >= 15 is 0 Å². The summed E-state index contributed by atoms with van der Waals surface area (Å²) in [4.78, 5) is 21.5. The van der Waals surface area contributed by atoms with Crippen LogP contribution in [0.5, 0.6) is 0 Å². The van der Waals surface area contributed by atoms with E-state index in [-0.39, 0.29) is 23.1 Å². The molecule has 0 aliphatic carbocycles. The third-order valence-corrected chi connectivity index (χ3v) is 2.69. The summed E-state index contributed by atoms with van der Waals surface area (Å²) in [6.07, 6.45) is -4.90. The van der Waals surface area contributed by atoms with Crippen molar-refractivity contribution in [1.82, 2.24) is 4.90 Å². The lowest BCUT2D eigenvalue weighted by atomic mass is 10.1. The summed E-state index contributed by atoms with van der Waals surface area (Å²) in [6.45, 7) is -0.601. The third kappa shape index (κ3) is 2.49. The average molecular weight is 288 g/mol. The van der Waals surface area contributed by atoms with Crippen LogP contribution in [0.3, 0.4) is 0 Å². The number of hydrogen-bond donors (Lipinski definition) is 1.